The maximum Gasteiger partial charge on any atom is 0.0814 e. The van der Waals surface area contributed by atoms with Crippen LogP contribution in [0.5, 0.6) is 0 Å². The first-order valence-corrected chi connectivity index (χ1v) is 6.03. The topological polar surface area (TPSA) is 60.4 Å². The summed E-state index contributed by atoms with van der Waals surface area (Å²) >= 11 is -2.86. The molecule has 1 atom stereocenters. The highest BCUT2D eigenvalue weighted by Crippen LogP contribution is 2.29. The maximum absolute atomic E-state index is 8.56. The van der Waals surface area contributed by atoms with Crippen molar-refractivity contribution in [1.82, 2.24) is 0 Å². The van der Waals surface area contributed by atoms with Crippen LogP contribution < -0.4 is 0 Å². The van der Waals surface area contributed by atoms with Crippen LogP contribution >= 0.6 is 0 Å². The molecule has 0 saturated carbocycles. The Morgan fingerprint density at radius 2 is 1.29 bits per heavy atom. The van der Waals surface area contributed by atoms with Crippen LogP contribution in [0.3, 0.4) is 0 Å². The lowest BCUT2D eigenvalue weighted by atomic mass is 9.95. The van der Waals surface area contributed by atoms with Gasteiger partial charge in [0, 0.05) is 0 Å². The van der Waals surface area contributed by atoms with Crippen molar-refractivity contribution in [2.45, 2.75) is 6.92 Å². The van der Waals surface area contributed by atoms with E-state index in [4.69, 9.17) is 13.3 Å². The summed E-state index contributed by atoms with van der Waals surface area (Å²) < 4.78 is 24.1. The van der Waals surface area contributed by atoms with Crippen LogP contribution in [0.25, 0.3) is 11.1 Å². The van der Waals surface area contributed by atoms with Gasteiger partial charge in [-0.15, -0.1) is 0 Å². The van der Waals surface area contributed by atoms with Crippen molar-refractivity contribution in [3.8, 4) is 11.1 Å². The lowest BCUT2D eigenvalue weighted by molar-refractivity contribution is 0.436. The minimum atomic E-state index is -2.86. The fraction of sp³-hybridized carbons (Fsp3) is 0.0769. The van der Waals surface area contributed by atoms with Crippen LogP contribution in [0.2, 0.25) is 0 Å². The predicted molar refractivity (Wildman–Crippen MR) is 68.2 cm³/mol. The molecule has 0 spiro atoms. The fourth-order valence-corrected chi connectivity index (χ4v) is 1.20. The quantitative estimate of drug-likeness (QED) is 0.623. The number of rotatable bonds is 0. The van der Waals surface area contributed by atoms with E-state index < -0.39 is 11.4 Å². The second-order valence-electron chi connectivity index (χ2n) is 3.45. The molecule has 1 aromatic rings. The first-order valence-electron chi connectivity index (χ1n) is 5.00. The normalized spacial score (nSPS) is 11.2. The number of aryl methyl sites for hydroxylation is 1. The van der Waals surface area contributed by atoms with E-state index in [9.17, 15) is 0 Å². The molecule has 3 nitrogen and oxygen atoms in total. The van der Waals surface area contributed by atoms with Gasteiger partial charge in [-0.1, -0.05) is 60.2 Å². The lowest BCUT2D eigenvalue weighted by Crippen LogP contribution is -1.85. The minimum absolute atomic E-state index is 1.32. The van der Waals surface area contributed by atoms with Crippen LogP contribution in [0, 0.1) is 6.92 Å². The van der Waals surface area contributed by atoms with Gasteiger partial charge in [-0.05, 0) is 18.1 Å². The van der Waals surface area contributed by atoms with E-state index in [2.05, 4.69) is 43.3 Å². The zero-order valence-electron chi connectivity index (χ0n) is 9.37. The first-order chi connectivity index (χ1) is 8.09. The molecule has 0 radical (unpaired) electrons. The van der Waals surface area contributed by atoms with E-state index in [-0.39, 0.29) is 0 Å². The van der Waals surface area contributed by atoms with Crippen LogP contribution in [-0.2, 0) is 11.4 Å². The Morgan fingerprint density at radius 1 is 0.941 bits per heavy atom. The summed E-state index contributed by atoms with van der Waals surface area (Å²) in [6, 6.07) is 18.7. The zero-order chi connectivity index (χ0) is 12.7. The predicted octanol–water partition coefficient (Wildman–Crippen LogP) is 3.00. The second kappa shape index (κ2) is 6.96. The van der Waals surface area contributed by atoms with Crippen LogP contribution in [0.15, 0.2) is 54.6 Å². The highest BCUT2D eigenvalue weighted by Gasteiger charge is 2.03. The van der Waals surface area contributed by atoms with Gasteiger partial charge in [-0.25, -0.2) is 4.21 Å². The molecule has 17 heavy (non-hydrogen) atoms. The van der Waals surface area contributed by atoms with Crippen molar-refractivity contribution in [2.24, 2.45) is 0 Å². The largest absolute Gasteiger partial charge is 0.750 e. The second-order valence-corrected chi connectivity index (χ2v) is 3.88. The summed E-state index contributed by atoms with van der Waals surface area (Å²) in [5.41, 5.74) is 4.17. The Balaban J connectivity index is 0.000000133. The van der Waals surface area contributed by atoms with Crippen LogP contribution in [-0.4, -0.2) is 13.3 Å². The Kier molecular flexibility index (Phi) is 5.56. The molecule has 0 fully saturated rings. The first kappa shape index (κ1) is 13.6. The summed E-state index contributed by atoms with van der Waals surface area (Å²) in [6.45, 7) is 2.08. The maximum atomic E-state index is 8.56. The molecule has 90 valence electrons. The van der Waals surface area contributed by atoms with Crippen molar-refractivity contribution in [3.63, 3.8) is 0 Å². The third-order valence-electron chi connectivity index (χ3n) is 2.16. The van der Waals surface area contributed by atoms with E-state index >= 15 is 0 Å². The van der Waals surface area contributed by atoms with Gasteiger partial charge in [0.05, 0.1) is 11.4 Å². The molecule has 0 aliphatic heterocycles. The molecule has 2 aliphatic rings. The summed E-state index contributed by atoms with van der Waals surface area (Å²) in [4.78, 5) is 0. The summed E-state index contributed by atoms with van der Waals surface area (Å²) in [5.74, 6) is 0. The molecule has 0 aromatic heterocycles. The zero-order valence-corrected chi connectivity index (χ0v) is 10.2. The number of fused-ring (bicyclic) bond motifs is 1. The van der Waals surface area contributed by atoms with Gasteiger partial charge in [0.1, 0.15) is 0 Å². The van der Waals surface area contributed by atoms with Gasteiger partial charge in [0.15, 0.2) is 0 Å². The fourth-order valence-electron chi connectivity index (χ4n) is 1.20. The molecular formula is C13H13O3S-. The highest BCUT2D eigenvalue weighted by atomic mass is 32.2. The smallest absolute Gasteiger partial charge is 0.0814 e. The van der Waals surface area contributed by atoms with Crippen molar-refractivity contribution in [3.05, 3.63) is 60.2 Å². The van der Waals surface area contributed by atoms with Crippen molar-refractivity contribution < 1.29 is 13.3 Å². The van der Waals surface area contributed by atoms with Gasteiger partial charge in [-0.2, -0.15) is 0 Å². The van der Waals surface area contributed by atoms with Gasteiger partial charge in [0.25, 0.3) is 0 Å². The highest BCUT2D eigenvalue weighted by molar-refractivity contribution is 7.73. The Bertz CT molecular complexity index is 441. The molecule has 2 aliphatic carbocycles. The van der Waals surface area contributed by atoms with E-state index in [1.54, 1.807) is 0 Å². The molecule has 1 N–H and O–H groups in total. The lowest BCUT2D eigenvalue weighted by Gasteiger charge is -2.10. The van der Waals surface area contributed by atoms with E-state index in [0.29, 0.717) is 0 Å². The van der Waals surface area contributed by atoms with Gasteiger partial charge in [-0.3, -0.25) is 0 Å². The van der Waals surface area contributed by atoms with E-state index in [1.165, 1.54) is 16.7 Å². The number of benzene rings is 2. The van der Waals surface area contributed by atoms with Crippen molar-refractivity contribution in [2.75, 3.05) is 0 Å². The standard InChI is InChI=1S/C7H8.C6H4.H2O3S/c1-7-5-3-2-4-6-7;1-2-6-4-3-5(1)6;1-4(2)3/h2-6H,1H3;1-4H;(H2,1,2,3)/p-1. The van der Waals surface area contributed by atoms with Crippen LogP contribution in [0.1, 0.15) is 5.56 Å². The molecular weight excluding hydrogens is 236 g/mol. The van der Waals surface area contributed by atoms with Gasteiger partial charge >= 0.3 is 0 Å². The molecule has 0 heterocycles. The molecule has 0 bridgehead atoms. The Morgan fingerprint density at radius 3 is 1.41 bits per heavy atom. The van der Waals surface area contributed by atoms with E-state index in [1.807, 2.05) is 18.2 Å². The summed E-state index contributed by atoms with van der Waals surface area (Å²) in [5, 5.41) is 0. The number of hydrogen-bond acceptors (Lipinski definition) is 2. The monoisotopic (exact) mass is 249 g/mol. The minimum Gasteiger partial charge on any atom is -0.750 e. The third-order valence-corrected chi connectivity index (χ3v) is 2.16. The molecule has 1 unspecified atom stereocenters. The summed E-state index contributed by atoms with van der Waals surface area (Å²) in [7, 11) is 0. The average Bonchev–Trinajstić information content (AvgIpc) is 2.24. The van der Waals surface area contributed by atoms with E-state index in [0.717, 1.165) is 0 Å². The molecule has 4 heteroatoms. The molecule has 0 saturated heterocycles. The Hall–Kier alpha value is -1.49. The molecule has 1 aromatic carbocycles. The summed E-state index contributed by atoms with van der Waals surface area (Å²) in [6.07, 6.45) is 0. The van der Waals surface area contributed by atoms with Crippen LogP contribution in [0.4, 0.5) is 0 Å². The Labute approximate surface area is 103 Å². The number of hydrogen-bond donors (Lipinski definition) is 1. The van der Waals surface area contributed by atoms with Crippen molar-refractivity contribution >= 4 is 11.4 Å². The average molecular weight is 249 g/mol. The van der Waals surface area contributed by atoms with Gasteiger partial charge in [0.2, 0.25) is 0 Å². The molecule has 0 amide bonds. The van der Waals surface area contributed by atoms with Crippen molar-refractivity contribution in [1.29, 1.82) is 0 Å². The third kappa shape index (κ3) is 5.40. The molecule has 3 rings (SSSR count). The van der Waals surface area contributed by atoms with Gasteiger partial charge < -0.3 is 9.11 Å². The SMILES string of the molecule is Cc1ccccc1.O=S([O-])O.c1cc2ccc1-2.